The van der Waals surface area contributed by atoms with Gasteiger partial charge in [-0.1, -0.05) is 19.4 Å². The highest BCUT2D eigenvalue weighted by Crippen LogP contribution is 2.48. The van der Waals surface area contributed by atoms with Crippen LogP contribution < -0.4 is 0 Å². The highest BCUT2D eigenvalue weighted by atomic mass is 16.5. The van der Waals surface area contributed by atoms with E-state index in [9.17, 15) is 5.11 Å². The molecule has 0 spiro atoms. The van der Waals surface area contributed by atoms with E-state index in [-0.39, 0.29) is 24.2 Å². The van der Waals surface area contributed by atoms with Crippen LogP contribution in [0.1, 0.15) is 44.4 Å². The third-order valence-electron chi connectivity index (χ3n) is 5.76. The molecule has 0 unspecified atom stereocenters. The van der Waals surface area contributed by atoms with Gasteiger partial charge in [-0.3, -0.25) is 9.88 Å². The van der Waals surface area contributed by atoms with Crippen molar-refractivity contribution in [1.82, 2.24) is 9.88 Å². The minimum Gasteiger partial charge on any atom is -0.385 e. The summed E-state index contributed by atoms with van der Waals surface area (Å²) in [7, 11) is 3.85. The van der Waals surface area contributed by atoms with Crippen LogP contribution >= 0.6 is 0 Å². The molecule has 0 radical (unpaired) electrons. The number of hydrogen-bond acceptors (Lipinski definition) is 5. The van der Waals surface area contributed by atoms with E-state index >= 15 is 0 Å². The van der Waals surface area contributed by atoms with Gasteiger partial charge in [0.25, 0.3) is 0 Å². The SMILES string of the molecule is CCCCN(C)[C@@H]1[C@@H](OC)C[C@@H]2C[C@H](c3ccccn3)OC[C@@]21O. The Morgan fingerprint density at radius 3 is 2.92 bits per heavy atom. The summed E-state index contributed by atoms with van der Waals surface area (Å²) in [6, 6.07) is 5.89. The second-order valence-electron chi connectivity index (χ2n) is 7.27. The van der Waals surface area contributed by atoms with Crippen LogP contribution in [0.2, 0.25) is 0 Å². The molecule has 5 heteroatoms. The lowest BCUT2D eigenvalue weighted by atomic mass is 9.81. The smallest absolute Gasteiger partial charge is 0.109 e. The predicted molar refractivity (Wildman–Crippen MR) is 92.7 cm³/mol. The Bertz CT molecular complexity index is 527. The van der Waals surface area contributed by atoms with Crippen molar-refractivity contribution in [2.45, 2.75) is 56.5 Å². The van der Waals surface area contributed by atoms with Crippen molar-refractivity contribution in [3.8, 4) is 0 Å². The van der Waals surface area contributed by atoms with Gasteiger partial charge in [-0.25, -0.2) is 0 Å². The number of aromatic nitrogens is 1. The van der Waals surface area contributed by atoms with Gasteiger partial charge in [0.15, 0.2) is 0 Å². The number of methoxy groups -OCH3 is 1. The Labute approximate surface area is 145 Å². The maximum atomic E-state index is 11.4. The second kappa shape index (κ2) is 7.48. The zero-order valence-electron chi connectivity index (χ0n) is 15.0. The molecule has 2 fully saturated rings. The molecule has 5 nitrogen and oxygen atoms in total. The lowest BCUT2D eigenvalue weighted by Crippen LogP contribution is -2.59. The summed E-state index contributed by atoms with van der Waals surface area (Å²) in [5.41, 5.74) is 0.116. The average Bonchev–Trinajstić information content (AvgIpc) is 2.91. The Kier molecular flexibility index (Phi) is 5.55. The molecule has 1 aliphatic carbocycles. The van der Waals surface area contributed by atoms with Gasteiger partial charge in [0.1, 0.15) is 5.60 Å². The number of fused-ring (bicyclic) bond motifs is 1. The molecule has 2 aliphatic rings. The van der Waals surface area contributed by atoms with Crippen molar-refractivity contribution in [3.05, 3.63) is 30.1 Å². The van der Waals surface area contributed by atoms with Crippen LogP contribution in [0, 0.1) is 5.92 Å². The first-order valence-electron chi connectivity index (χ1n) is 9.08. The summed E-state index contributed by atoms with van der Waals surface area (Å²) in [4.78, 5) is 6.69. The molecule has 1 saturated heterocycles. The van der Waals surface area contributed by atoms with Gasteiger partial charge in [0.2, 0.25) is 0 Å². The van der Waals surface area contributed by atoms with Gasteiger partial charge in [0.05, 0.1) is 30.6 Å². The summed E-state index contributed by atoms with van der Waals surface area (Å²) >= 11 is 0. The van der Waals surface area contributed by atoms with Crippen molar-refractivity contribution in [2.75, 3.05) is 27.3 Å². The molecule has 3 rings (SSSR count). The molecular weight excluding hydrogens is 304 g/mol. The highest BCUT2D eigenvalue weighted by molar-refractivity contribution is 5.15. The standard InChI is InChI=1S/C19H30N2O3/c1-4-5-10-21(2)18-17(23-3)12-14-11-16(24-13-19(14,18)22)15-8-6-7-9-20-15/h6-9,14,16-18,22H,4-5,10-13H2,1-3H3/t14-,16+,17-,18+,19+/m0/s1. The number of nitrogens with zero attached hydrogens (tertiary/aromatic N) is 2. The van der Waals surface area contributed by atoms with Crippen LogP contribution in [0.4, 0.5) is 0 Å². The van der Waals surface area contributed by atoms with E-state index in [0.717, 1.165) is 37.9 Å². The van der Waals surface area contributed by atoms with Crippen molar-refractivity contribution < 1.29 is 14.6 Å². The Morgan fingerprint density at radius 1 is 1.42 bits per heavy atom. The topological polar surface area (TPSA) is 54.8 Å². The maximum Gasteiger partial charge on any atom is 0.109 e. The Hall–Kier alpha value is -1.01. The van der Waals surface area contributed by atoms with E-state index in [2.05, 4.69) is 23.9 Å². The monoisotopic (exact) mass is 334 g/mol. The summed E-state index contributed by atoms with van der Waals surface area (Å²) < 4.78 is 11.8. The number of likely N-dealkylation sites (N-methyl/N-ethyl adjacent to an activating group) is 1. The first-order chi connectivity index (χ1) is 11.6. The summed E-state index contributed by atoms with van der Waals surface area (Å²) in [6.45, 7) is 3.51. The minimum atomic E-state index is -0.839. The molecule has 1 N–H and O–H groups in total. The van der Waals surface area contributed by atoms with Crippen molar-refractivity contribution in [2.24, 2.45) is 5.92 Å². The number of aliphatic hydroxyl groups is 1. The molecule has 0 amide bonds. The molecule has 0 bridgehead atoms. The van der Waals surface area contributed by atoms with Crippen molar-refractivity contribution >= 4 is 0 Å². The van der Waals surface area contributed by atoms with Gasteiger partial charge in [-0.05, 0) is 50.9 Å². The fourth-order valence-corrected chi connectivity index (χ4v) is 4.45. The normalized spacial score (nSPS) is 36.0. The Balaban J connectivity index is 1.76. The minimum absolute atomic E-state index is 0.0104. The third kappa shape index (κ3) is 3.23. The molecule has 5 atom stereocenters. The predicted octanol–water partition coefficient (Wildman–Crippen LogP) is 2.41. The number of rotatable bonds is 6. The van der Waals surface area contributed by atoms with Crippen LogP contribution in [-0.4, -0.2) is 60.0 Å². The van der Waals surface area contributed by atoms with Crippen LogP contribution in [0.3, 0.4) is 0 Å². The van der Waals surface area contributed by atoms with E-state index < -0.39 is 5.60 Å². The summed E-state index contributed by atoms with van der Waals surface area (Å²) in [5.74, 6) is 0.178. The molecule has 2 heterocycles. The van der Waals surface area contributed by atoms with E-state index in [4.69, 9.17) is 9.47 Å². The van der Waals surface area contributed by atoms with E-state index in [0.29, 0.717) is 6.61 Å². The first-order valence-corrected chi connectivity index (χ1v) is 9.08. The highest BCUT2D eigenvalue weighted by Gasteiger charge is 2.58. The summed E-state index contributed by atoms with van der Waals surface area (Å²) in [5, 5.41) is 11.4. The van der Waals surface area contributed by atoms with Crippen molar-refractivity contribution in [1.29, 1.82) is 0 Å². The van der Waals surface area contributed by atoms with E-state index in [1.807, 2.05) is 18.2 Å². The fourth-order valence-electron chi connectivity index (χ4n) is 4.45. The molecule has 1 aromatic rings. The van der Waals surface area contributed by atoms with Crippen LogP contribution in [0.15, 0.2) is 24.4 Å². The fraction of sp³-hybridized carbons (Fsp3) is 0.737. The molecule has 1 aromatic heterocycles. The average molecular weight is 334 g/mol. The number of pyridine rings is 1. The lowest BCUT2D eigenvalue weighted by molar-refractivity contribution is -0.172. The van der Waals surface area contributed by atoms with E-state index in [1.165, 1.54) is 0 Å². The quantitative estimate of drug-likeness (QED) is 0.866. The lowest BCUT2D eigenvalue weighted by Gasteiger charge is -2.44. The molecule has 134 valence electrons. The molecule has 1 aliphatic heterocycles. The number of ether oxygens (including phenoxy) is 2. The molecule has 24 heavy (non-hydrogen) atoms. The maximum absolute atomic E-state index is 11.4. The van der Waals surface area contributed by atoms with Gasteiger partial charge in [-0.15, -0.1) is 0 Å². The Morgan fingerprint density at radius 2 is 2.25 bits per heavy atom. The zero-order valence-corrected chi connectivity index (χ0v) is 15.0. The largest absolute Gasteiger partial charge is 0.385 e. The van der Waals surface area contributed by atoms with Gasteiger partial charge < -0.3 is 14.6 Å². The van der Waals surface area contributed by atoms with Gasteiger partial charge in [0, 0.05) is 13.3 Å². The van der Waals surface area contributed by atoms with Crippen molar-refractivity contribution in [3.63, 3.8) is 0 Å². The second-order valence-corrected chi connectivity index (χ2v) is 7.27. The third-order valence-corrected chi connectivity index (χ3v) is 5.76. The van der Waals surface area contributed by atoms with Crippen LogP contribution in [0.25, 0.3) is 0 Å². The summed E-state index contributed by atoms with van der Waals surface area (Å²) in [6.07, 6.45) is 5.76. The van der Waals surface area contributed by atoms with Crippen LogP contribution in [-0.2, 0) is 9.47 Å². The molecular formula is C19H30N2O3. The van der Waals surface area contributed by atoms with Gasteiger partial charge >= 0.3 is 0 Å². The molecule has 0 aromatic carbocycles. The number of hydrogen-bond donors (Lipinski definition) is 1. The molecule has 1 saturated carbocycles. The van der Waals surface area contributed by atoms with Crippen LogP contribution in [0.5, 0.6) is 0 Å². The zero-order chi connectivity index (χ0) is 17.2. The van der Waals surface area contributed by atoms with E-state index in [1.54, 1.807) is 13.3 Å². The number of unbranched alkanes of at least 4 members (excludes halogenated alkanes) is 1. The first kappa shape index (κ1) is 17.8. The van der Waals surface area contributed by atoms with Gasteiger partial charge in [-0.2, -0.15) is 0 Å².